The van der Waals surface area contributed by atoms with Gasteiger partial charge in [0, 0.05) is 16.8 Å². The van der Waals surface area contributed by atoms with Gasteiger partial charge in [0.1, 0.15) is 0 Å². The first-order valence-corrected chi connectivity index (χ1v) is 8.96. The van der Waals surface area contributed by atoms with Crippen LogP contribution in [0, 0.1) is 5.92 Å². The molecule has 2 amide bonds. The van der Waals surface area contributed by atoms with Crippen molar-refractivity contribution in [2.75, 3.05) is 5.32 Å². The van der Waals surface area contributed by atoms with Gasteiger partial charge < -0.3 is 20.1 Å². The topological polar surface area (TPSA) is 76.7 Å². The molecule has 1 fully saturated rings. The van der Waals surface area contributed by atoms with Crippen LogP contribution in [0.1, 0.15) is 24.4 Å². The molecule has 28 heavy (non-hydrogen) atoms. The molecule has 0 radical (unpaired) electrons. The van der Waals surface area contributed by atoms with Gasteiger partial charge in [-0.05, 0) is 48.6 Å². The smallest absolute Gasteiger partial charge is 0.395 e. The Morgan fingerprint density at radius 1 is 1.04 bits per heavy atom. The molecule has 0 saturated heterocycles. The number of ether oxygens (including phenoxy) is 2. The van der Waals surface area contributed by atoms with Gasteiger partial charge in [0.25, 0.3) is 0 Å². The van der Waals surface area contributed by atoms with Gasteiger partial charge >= 0.3 is 18.1 Å². The van der Waals surface area contributed by atoms with Gasteiger partial charge in [-0.1, -0.05) is 23.7 Å². The van der Waals surface area contributed by atoms with E-state index >= 15 is 0 Å². The van der Waals surface area contributed by atoms with E-state index in [-0.39, 0.29) is 29.1 Å². The normalized spacial score (nSPS) is 17.7. The number of nitrogens with one attached hydrogen (secondary N) is 2. The summed E-state index contributed by atoms with van der Waals surface area (Å²) in [6, 6.07) is 10.5. The van der Waals surface area contributed by atoms with Crippen molar-refractivity contribution >= 4 is 29.1 Å². The van der Waals surface area contributed by atoms with Crippen molar-refractivity contribution in [1.82, 2.24) is 5.32 Å². The monoisotopic (exact) mass is 408 g/mol. The van der Waals surface area contributed by atoms with Crippen LogP contribution in [-0.4, -0.2) is 18.1 Å². The van der Waals surface area contributed by atoms with E-state index in [1.807, 2.05) is 12.1 Å². The molecule has 0 aromatic heterocycles. The first-order valence-electron chi connectivity index (χ1n) is 8.58. The maximum absolute atomic E-state index is 13.1. The number of amides is 2. The second kappa shape index (κ2) is 6.94. The molecule has 1 atom stereocenters. The number of carbonyl (C=O) groups is 2. The summed E-state index contributed by atoms with van der Waals surface area (Å²) < 4.78 is 34.8. The lowest BCUT2D eigenvalue weighted by Crippen LogP contribution is -2.38. The van der Waals surface area contributed by atoms with Crippen molar-refractivity contribution < 1.29 is 27.8 Å². The Morgan fingerprint density at radius 2 is 1.71 bits per heavy atom. The lowest BCUT2D eigenvalue weighted by molar-refractivity contribution is -0.286. The van der Waals surface area contributed by atoms with E-state index in [2.05, 4.69) is 20.1 Å². The Hall–Kier alpha value is -2.87. The first-order chi connectivity index (χ1) is 13.3. The Balaban J connectivity index is 1.42. The molecule has 2 aromatic carbocycles. The minimum Gasteiger partial charge on any atom is -0.395 e. The molecule has 1 aliphatic carbocycles. The lowest BCUT2D eigenvalue weighted by Gasteiger charge is -2.18. The van der Waals surface area contributed by atoms with Crippen LogP contribution >= 0.6 is 11.6 Å². The Morgan fingerprint density at radius 3 is 2.39 bits per heavy atom. The average molecular weight is 409 g/mol. The highest BCUT2D eigenvalue weighted by Gasteiger charge is 2.43. The van der Waals surface area contributed by atoms with Gasteiger partial charge in [0.15, 0.2) is 11.5 Å². The fraction of sp³-hybridized carbons (Fsp3) is 0.263. The van der Waals surface area contributed by atoms with Crippen molar-refractivity contribution in [3.05, 3.63) is 53.1 Å². The third-order valence-electron chi connectivity index (χ3n) is 4.47. The van der Waals surface area contributed by atoms with Gasteiger partial charge in [0.05, 0.1) is 6.04 Å². The Bertz CT molecular complexity index is 932. The van der Waals surface area contributed by atoms with Gasteiger partial charge in [-0.15, -0.1) is 8.78 Å². The van der Waals surface area contributed by atoms with Crippen LogP contribution in [0.15, 0.2) is 42.5 Å². The minimum atomic E-state index is -3.75. The van der Waals surface area contributed by atoms with Crippen molar-refractivity contribution in [3.8, 4) is 11.5 Å². The summed E-state index contributed by atoms with van der Waals surface area (Å²) in [7, 11) is 0. The summed E-state index contributed by atoms with van der Waals surface area (Å²) in [5.74, 6) is -1.85. The summed E-state index contributed by atoms with van der Waals surface area (Å²) in [5.41, 5.74) is 0.994. The SMILES string of the molecule is O=C(Nc1ccc2c(c1)OC(F)(F)O2)C(=O)NC(c1ccc(Cl)cc1)C1CC1. The molecule has 0 spiro atoms. The summed E-state index contributed by atoms with van der Waals surface area (Å²) in [6.45, 7) is 0. The minimum absolute atomic E-state index is 0.134. The number of hydrogen-bond donors (Lipinski definition) is 2. The molecule has 4 rings (SSSR count). The maximum atomic E-state index is 13.1. The second-order valence-corrected chi connectivity index (χ2v) is 7.06. The number of hydrogen-bond acceptors (Lipinski definition) is 4. The highest BCUT2D eigenvalue weighted by Crippen LogP contribution is 2.42. The molecule has 1 heterocycles. The molecule has 1 unspecified atom stereocenters. The van der Waals surface area contributed by atoms with E-state index in [1.54, 1.807) is 12.1 Å². The number of alkyl halides is 2. The summed E-state index contributed by atoms with van der Waals surface area (Å²) in [4.78, 5) is 24.6. The second-order valence-electron chi connectivity index (χ2n) is 6.62. The molecular formula is C19H15ClF2N2O4. The average Bonchev–Trinajstić information content (AvgIpc) is 3.42. The molecule has 2 aromatic rings. The van der Waals surface area contributed by atoms with Gasteiger partial charge in [-0.3, -0.25) is 9.59 Å². The fourth-order valence-electron chi connectivity index (χ4n) is 2.99. The third-order valence-corrected chi connectivity index (χ3v) is 4.73. The molecule has 0 bridgehead atoms. The van der Waals surface area contributed by atoms with E-state index in [0.29, 0.717) is 5.02 Å². The highest BCUT2D eigenvalue weighted by molar-refractivity contribution is 6.39. The van der Waals surface area contributed by atoms with Crippen LogP contribution < -0.4 is 20.1 Å². The molecule has 1 aliphatic heterocycles. The molecule has 2 N–H and O–H groups in total. The summed E-state index contributed by atoms with van der Waals surface area (Å²) in [6.07, 6.45) is -1.85. The molecule has 2 aliphatic rings. The Kier molecular flexibility index (Phi) is 4.58. The number of carbonyl (C=O) groups excluding carboxylic acids is 2. The van der Waals surface area contributed by atoms with Crippen molar-refractivity contribution in [1.29, 1.82) is 0 Å². The van der Waals surface area contributed by atoms with Crippen LogP contribution in [0.5, 0.6) is 11.5 Å². The van der Waals surface area contributed by atoms with Crippen LogP contribution in [0.2, 0.25) is 5.02 Å². The maximum Gasteiger partial charge on any atom is 0.586 e. The van der Waals surface area contributed by atoms with E-state index < -0.39 is 18.1 Å². The summed E-state index contributed by atoms with van der Waals surface area (Å²) in [5, 5.41) is 5.68. The van der Waals surface area contributed by atoms with E-state index in [9.17, 15) is 18.4 Å². The quantitative estimate of drug-likeness (QED) is 0.753. The van der Waals surface area contributed by atoms with Gasteiger partial charge in [0.2, 0.25) is 0 Å². The van der Waals surface area contributed by atoms with Crippen molar-refractivity contribution in [3.63, 3.8) is 0 Å². The zero-order valence-corrected chi connectivity index (χ0v) is 15.1. The van der Waals surface area contributed by atoms with Crippen LogP contribution in [0.25, 0.3) is 0 Å². The van der Waals surface area contributed by atoms with Crippen LogP contribution in [0.3, 0.4) is 0 Å². The van der Waals surface area contributed by atoms with Crippen LogP contribution in [-0.2, 0) is 9.59 Å². The molecular weight excluding hydrogens is 394 g/mol. The predicted octanol–water partition coefficient (Wildman–Crippen LogP) is 3.87. The highest BCUT2D eigenvalue weighted by atomic mass is 35.5. The standard InChI is InChI=1S/C19H15ClF2N2O4/c20-12-5-3-11(4-6-12)16(10-1-2-10)24-18(26)17(25)23-13-7-8-14-15(9-13)28-19(21,22)27-14/h3-10,16H,1-2H2,(H,23,25)(H,24,26). The van der Waals surface area contributed by atoms with Crippen molar-refractivity contribution in [2.45, 2.75) is 25.2 Å². The molecule has 1 saturated carbocycles. The fourth-order valence-corrected chi connectivity index (χ4v) is 3.12. The van der Waals surface area contributed by atoms with E-state index in [4.69, 9.17) is 11.6 Å². The molecule has 9 heteroatoms. The molecule has 6 nitrogen and oxygen atoms in total. The lowest BCUT2D eigenvalue weighted by atomic mass is 10.0. The number of rotatable bonds is 4. The summed E-state index contributed by atoms with van der Waals surface area (Å²) >= 11 is 5.90. The Labute approximate surface area is 163 Å². The van der Waals surface area contributed by atoms with E-state index in [0.717, 1.165) is 18.4 Å². The van der Waals surface area contributed by atoms with Crippen molar-refractivity contribution in [2.24, 2.45) is 5.92 Å². The third kappa shape index (κ3) is 4.01. The zero-order chi connectivity index (χ0) is 19.9. The number of anilines is 1. The number of halogens is 3. The first kappa shape index (κ1) is 18.5. The van der Waals surface area contributed by atoms with E-state index in [1.165, 1.54) is 18.2 Å². The van der Waals surface area contributed by atoms with Gasteiger partial charge in [-0.25, -0.2) is 0 Å². The zero-order valence-electron chi connectivity index (χ0n) is 14.4. The molecule has 146 valence electrons. The number of fused-ring (bicyclic) bond motifs is 1. The van der Waals surface area contributed by atoms with Crippen LogP contribution in [0.4, 0.5) is 14.5 Å². The van der Waals surface area contributed by atoms with Gasteiger partial charge in [-0.2, -0.15) is 0 Å². The number of benzene rings is 2. The predicted molar refractivity (Wildman–Crippen MR) is 96.3 cm³/mol. The largest absolute Gasteiger partial charge is 0.586 e.